The lowest BCUT2D eigenvalue weighted by molar-refractivity contribution is 0.452. The lowest BCUT2D eigenvalue weighted by atomic mass is 9.97. The van der Waals surface area contributed by atoms with Gasteiger partial charge >= 0.3 is 5.63 Å². The molecule has 0 bridgehead atoms. The highest BCUT2D eigenvalue weighted by Gasteiger charge is 2.21. The van der Waals surface area contributed by atoms with Gasteiger partial charge in [0.15, 0.2) is 11.5 Å². The second-order valence-corrected chi connectivity index (χ2v) is 7.05. The number of anilines is 1. The lowest BCUT2D eigenvalue weighted by Gasteiger charge is -2.18. The van der Waals surface area contributed by atoms with Crippen LogP contribution < -0.4 is 10.9 Å². The Balaban J connectivity index is 1.69. The van der Waals surface area contributed by atoms with Crippen molar-refractivity contribution in [2.45, 2.75) is 19.9 Å². The highest BCUT2D eigenvalue weighted by molar-refractivity contribution is 5.96. The molecule has 30 heavy (non-hydrogen) atoms. The Hall–Kier alpha value is -4.07. The molecule has 0 amide bonds. The van der Waals surface area contributed by atoms with E-state index in [4.69, 9.17) is 4.42 Å². The molecule has 0 spiro atoms. The molecule has 0 saturated carbocycles. The average molecular weight is 398 g/mol. The summed E-state index contributed by atoms with van der Waals surface area (Å²) in [6.07, 6.45) is 4.81. The summed E-state index contributed by atoms with van der Waals surface area (Å²) < 4.78 is 5.82. The Morgan fingerprint density at radius 1 is 1.03 bits per heavy atom. The van der Waals surface area contributed by atoms with Gasteiger partial charge in [0.05, 0.1) is 17.8 Å². The Bertz CT molecular complexity index is 1420. The maximum absolute atomic E-state index is 12.7. The molecule has 1 atom stereocenters. The molecule has 2 N–H and O–H groups in total. The molecular formula is C22H18N6O2. The molecule has 0 aliphatic carbocycles. The van der Waals surface area contributed by atoms with Gasteiger partial charge in [-0.15, -0.1) is 0 Å². The van der Waals surface area contributed by atoms with Crippen LogP contribution in [0.5, 0.6) is 0 Å². The van der Waals surface area contributed by atoms with Crippen LogP contribution in [0, 0.1) is 6.92 Å². The summed E-state index contributed by atoms with van der Waals surface area (Å²) in [6.45, 7) is 3.85. The first-order valence-electron chi connectivity index (χ1n) is 9.51. The number of H-pyrrole nitrogens is 1. The zero-order valence-corrected chi connectivity index (χ0v) is 16.4. The zero-order valence-electron chi connectivity index (χ0n) is 16.4. The number of pyridine rings is 1. The highest BCUT2D eigenvalue weighted by atomic mass is 16.4. The number of aromatic nitrogens is 5. The summed E-state index contributed by atoms with van der Waals surface area (Å²) in [5, 5.41) is 4.67. The van der Waals surface area contributed by atoms with Gasteiger partial charge in [0, 0.05) is 28.4 Å². The van der Waals surface area contributed by atoms with E-state index in [9.17, 15) is 4.79 Å². The second-order valence-electron chi connectivity index (χ2n) is 7.05. The SMILES string of the molecule is Cc1ccc(-c2c(C(C)Nc3ncnc4nc[nH]c34)oc(=O)c3ccccc23)cn1. The first-order valence-corrected chi connectivity index (χ1v) is 9.51. The third-order valence-corrected chi connectivity index (χ3v) is 5.03. The maximum atomic E-state index is 12.7. The maximum Gasteiger partial charge on any atom is 0.343 e. The van der Waals surface area contributed by atoms with Crippen molar-refractivity contribution >= 4 is 27.8 Å². The summed E-state index contributed by atoms with van der Waals surface area (Å²) >= 11 is 0. The normalized spacial score (nSPS) is 12.3. The molecule has 5 aromatic rings. The first-order chi connectivity index (χ1) is 14.6. The van der Waals surface area contributed by atoms with Crippen molar-refractivity contribution in [2.24, 2.45) is 0 Å². The fourth-order valence-corrected chi connectivity index (χ4v) is 3.58. The van der Waals surface area contributed by atoms with E-state index in [1.165, 1.54) is 6.33 Å². The number of imidazole rings is 1. The van der Waals surface area contributed by atoms with E-state index in [1.807, 2.05) is 44.2 Å². The predicted molar refractivity (Wildman–Crippen MR) is 114 cm³/mol. The molecule has 5 rings (SSSR count). The van der Waals surface area contributed by atoms with E-state index < -0.39 is 0 Å². The number of hydrogen-bond donors (Lipinski definition) is 2. The van der Waals surface area contributed by atoms with Crippen LogP contribution in [0.15, 0.2) is 64.5 Å². The summed E-state index contributed by atoms with van der Waals surface area (Å²) in [5.41, 5.74) is 3.48. The molecule has 0 saturated heterocycles. The zero-order chi connectivity index (χ0) is 20.7. The van der Waals surface area contributed by atoms with E-state index in [0.717, 1.165) is 22.2 Å². The highest BCUT2D eigenvalue weighted by Crippen LogP contribution is 2.35. The molecule has 4 aromatic heterocycles. The molecule has 148 valence electrons. The smallest absolute Gasteiger partial charge is 0.343 e. The van der Waals surface area contributed by atoms with E-state index >= 15 is 0 Å². The Kier molecular flexibility index (Phi) is 4.24. The lowest BCUT2D eigenvalue weighted by Crippen LogP contribution is -2.14. The van der Waals surface area contributed by atoms with E-state index in [-0.39, 0.29) is 11.7 Å². The summed E-state index contributed by atoms with van der Waals surface area (Å²) in [5.74, 6) is 1.09. The van der Waals surface area contributed by atoms with Gasteiger partial charge in [-0.3, -0.25) is 4.98 Å². The molecule has 0 aliphatic rings. The van der Waals surface area contributed by atoms with Crippen molar-refractivity contribution < 1.29 is 4.42 Å². The fraction of sp³-hybridized carbons (Fsp3) is 0.136. The Morgan fingerprint density at radius 2 is 1.87 bits per heavy atom. The van der Waals surface area contributed by atoms with Crippen LogP contribution >= 0.6 is 0 Å². The molecule has 8 heteroatoms. The van der Waals surface area contributed by atoms with Crippen molar-refractivity contribution in [3.05, 3.63) is 77.1 Å². The van der Waals surface area contributed by atoms with Crippen LogP contribution in [0.2, 0.25) is 0 Å². The molecule has 0 radical (unpaired) electrons. The van der Waals surface area contributed by atoms with E-state index in [2.05, 4.69) is 30.2 Å². The van der Waals surface area contributed by atoms with Crippen molar-refractivity contribution in [2.75, 3.05) is 5.32 Å². The number of aromatic amines is 1. The second kappa shape index (κ2) is 7.07. The first kappa shape index (κ1) is 18.0. The monoisotopic (exact) mass is 398 g/mol. The number of hydrogen-bond acceptors (Lipinski definition) is 7. The Morgan fingerprint density at radius 3 is 2.67 bits per heavy atom. The number of nitrogens with zero attached hydrogens (tertiary/aromatic N) is 4. The number of benzene rings is 1. The van der Waals surface area contributed by atoms with Gasteiger partial charge in [-0.05, 0) is 26.0 Å². The minimum Gasteiger partial charge on any atom is -0.425 e. The largest absolute Gasteiger partial charge is 0.425 e. The molecule has 8 nitrogen and oxygen atoms in total. The van der Waals surface area contributed by atoms with Gasteiger partial charge in [-0.1, -0.05) is 24.3 Å². The van der Waals surface area contributed by atoms with Crippen molar-refractivity contribution in [1.29, 1.82) is 0 Å². The molecule has 1 unspecified atom stereocenters. The molecular weight excluding hydrogens is 380 g/mol. The summed E-state index contributed by atoms with van der Waals surface area (Å²) in [7, 11) is 0. The number of nitrogens with one attached hydrogen (secondary N) is 2. The van der Waals surface area contributed by atoms with Crippen LogP contribution in [-0.4, -0.2) is 24.9 Å². The standard InChI is InChI=1S/C22H18N6O2/c1-12-7-8-14(9-23-12)17-15-5-3-4-6-16(15)22(29)30-19(17)13(2)28-21-18-20(25-10-24-18)26-11-27-21/h3-11,13H,1-2H3,(H2,24,25,26,27,28). The third kappa shape index (κ3) is 2.98. The van der Waals surface area contributed by atoms with Gasteiger partial charge in [0.25, 0.3) is 0 Å². The van der Waals surface area contributed by atoms with Crippen LogP contribution in [0.3, 0.4) is 0 Å². The van der Waals surface area contributed by atoms with Crippen molar-refractivity contribution in [1.82, 2.24) is 24.9 Å². The van der Waals surface area contributed by atoms with Crippen LogP contribution in [0.25, 0.3) is 33.1 Å². The molecule has 0 fully saturated rings. The fourth-order valence-electron chi connectivity index (χ4n) is 3.58. The minimum atomic E-state index is -0.382. The van der Waals surface area contributed by atoms with Gasteiger partial charge in [0.2, 0.25) is 0 Å². The number of aryl methyl sites for hydroxylation is 1. The predicted octanol–water partition coefficient (Wildman–Crippen LogP) is 4.00. The number of rotatable bonds is 4. The van der Waals surface area contributed by atoms with Gasteiger partial charge < -0.3 is 14.7 Å². The minimum absolute atomic E-state index is 0.361. The summed E-state index contributed by atoms with van der Waals surface area (Å²) in [6, 6.07) is 11.0. The average Bonchev–Trinajstić information content (AvgIpc) is 3.24. The van der Waals surface area contributed by atoms with E-state index in [1.54, 1.807) is 18.6 Å². The van der Waals surface area contributed by atoms with Gasteiger partial charge in [-0.25, -0.2) is 19.7 Å². The number of fused-ring (bicyclic) bond motifs is 2. The molecule has 4 heterocycles. The quantitative estimate of drug-likeness (QED) is 0.471. The van der Waals surface area contributed by atoms with Gasteiger partial charge in [-0.2, -0.15) is 0 Å². The summed E-state index contributed by atoms with van der Waals surface area (Å²) in [4.78, 5) is 32.8. The van der Waals surface area contributed by atoms with Crippen LogP contribution in [-0.2, 0) is 0 Å². The van der Waals surface area contributed by atoms with Crippen molar-refractivity contribution in [3.8, 4) is 11.1 Å². The third-order valence-electron chi connectivity index (χ3n) is 5.03. The molecule has 1 aromatic carbocycles. The van der Waals surface area contributed by atoms with Crippen LogP contribution in [0.1, 0.15) is 24.4 Å². The van der Waals surface area contributed by atoms with E-state index in [0.29, 0.717) is 28.1 Å². The Labute approximate surface area is 171 Å². The van der Waals surface area contributed by atoms with Gasteiger partial charge in [0.1, 0.15) is 17.6 Å². The van der Waals surface area contributed by atoms with Crippen LogP contribution in [0.4, 0.5) is 5.82 Å². The topological polar surface area (TPSA) is 110 Å². The molecule has 0 aliphatic heterocycles. The van der Waals surface area contributed by atoms with Crippen molar-refractivity contribution in [3.63, 3.8) is 0 Å².